The van der Waals surface area contributed by atoms with E-state index in [2.05, 4.69) is 11.6 Å². The van der Waals surface area contributed by atoms with Crippen LogP contribution >= 0.6 is 23.2 Å². The third-order valence-electron chi connectivity index (χ3n) is 7.43. The number of ether oxygens (including phenoxy) is 1. The lowest BCUT2D eigenvalue weighted by molar-refractivity contribution is -0.164. The summed E-state index contributed by atoms with van der Waals surface area (Å²) in [5.74, 6) is -0.292. The normalized spacial score (nSPS) is 27.1. The Kier molecular flexibility index (Phi) is 8.28. The van der Waals surface area contributed by atoms with E-state index < -0.39 is 17.9 Å². The van der Waals surface area contributed by atoms with Crippen molar-refractivity contribution in [2.45, 2.75) is 70.9 Å². The van der Waals surface area contributed by atoms with Crippen molar-refractivity contribution in [3.8, 4) is 0 Å². The van der Waals surface area contributed by atoms with E-state index in [9.17, 15) is 18.7 Å². The Morgan fingerprint density at radius 1 is 1.36 bits per heavy atom. The van der Waals surface area contributed by atoms with Crippen LogP contribution in [0.4, 0.5) is 8.78 Å². The van der Waals surface area contributed by atoms with Crippen LogP contribution in [-0.4, -0.2) is 52.1 Å². The molecule has 5 nitrogen and oxygen atoms in total. The van der Waals surface area contributed by atoms with Gasteiger partial charge in [0, 0.05) is 24.3 Å². The number of halogens is 4. The molecular weight excluding hydrogens is 473 g/mol. The van der Waals surface area contributed by atoms with Crippen LogP contribution in [0.25, 0.3) is 5.76 Å². The number of pyridine rings is 1. The van der Waals surface area contributed by atoms with Crippen molar-refractivity contribution in [1.82, 2.24) is 9.88 Å². The van der Waals surface area contributed by atoms with Gasteiger partial charge in [0.15, 0.2) is 0 Å². The number of nitrogens with zero attached hydrogens (tertiary/aromatic N) is 2. The summed E-state index contributed by atoms with van der Waals surface area (Å²) in [6.07, 6.45) is 1.39. The summed E-state index contributed by atoms with van der Waals surface area (Å²) in [4.78, 5) is 19.3. The standard InChI is InChI=1S/C24H32Cl2F2N2O3/c1-5-33-14(3)22-21(26)17(19(25)12-29-22)11-20(31)30-10-9-16-15(13(30)2)7-6-8-18(16)24(4,32)23(27)28/h12-13,15-16,18,23,32H,3,5-11H2,1-2,4H3/t13-,15+,16+,18+,24?/m0/s1. The lowest BCUT2D eigenvalue weighted by atomic mass is 9.61. The van der Waals surface area contributed by atoms with Gasteiger partial charge in [-0.3, -0.25) is 4.79 Å². The summed E-state index contributed by atoms with van der Waals surface area (Å²) < 4.78 is 32.5. The van der Waals surface area contributed by atoms with Gasteiger partial charge in [0.2, 0.25) is 5.91 Å². The molecule has 33 heavy (non-hydrogen) atoms. The zero-order valence-corrected chi connectivity index (χ0v) is 20.8. The average Bonchev–Trinajstić information content (AvgIpc) is 2.76. The van der Waals surface area contributed by atoms with Crippen LogP contribution in [0.3, 0.4) is 0 Å². The minimum Gasteiger partial charge on any atom is -0.492 e. The monoisotopic (exact) mass is 504 g/mol. The predicted octanol–water partition coefficient (Wildman–Crippen LogP) is 5.61. The molecule has 9 heteroatoms. The molecule has 3 rings (SSSR count). The van der Waals surface area contributed by atoms with Gasteiger partial charge >= 0.3 is 0 Å². The van der Waals surface area contributed by atoms with Gasteiger partial charge in [-0.1, -0.05) is 36.2 Å². The molecule has 184 valence electrons. The van der Waals surface area contributed by atoms with Gasteiger partial charge in [-0.25, -0.2) is 13.8 Å². The maximum atomic E-state index is 13.6. The zero-order chi connectivity index (χ0) is 24.5. The number of amides is 1. The van der Waals surface area contributed by atoms with Crippen LogP contribution in [-0.2, 0) is 16.0 Å². The Morgan fingerprint density at radius 2 is 2.06 bits per heavy atom. The Morgan fingerprint density at radius 3 is 2.70 bits per heavy atom. The van der Waals surface area contributed by atoms with Crippen molar-refractivity contribution in [2.75, 3.05) is 13.2 Å². The molecule has 1 aromatic rings. The number of hydrogen-bond donors (Lipinski definition) is 1. The van der Waals surface area contributed by atoms with Gasteiger partial charge < -0.3 is 14.7 Å². The van der Waals surface area contributed by atoms with E-state index >= 15 is 0 Å². The number of alkyl halides is 2. The number of hydrogen-bond acceptors (Lipinski definition) is 4. The van der Waals surface area contributed by atoms with Crippen LogP contribution in [0.15, 0.2) is 12.8 Å². The van der Waals surface area contributed by atoms with Crippen molar-refractivity contribution in [1.29, 1.82) is 0 Å². The summed E-state index contributed by atoms with van der Waals surface area (Å²) in [5, 5.41) is 11.0. The molecule has 2 aliphatic rings. The first-order valence-corrected chi connectivity index (χ1v) is 12.2. The first-order valence-electron chi connectivity index (χ1n) is 11.5. The van der Waals surface area contributed by atoms with Gasteiger partial charge in [-0.2, -0.15) is 0 Å². The van der Waals surface area contributed by atoms with E-state index in [0.717, 1.165) is 12.8 Å². The molecule has 1 unspecified atom stereocenters. The van der Waals surface area contributed by atoms with Crippen LogP contribution in [0.1, 0.15) is 57.7 Å². The quantitative estimate of drug-likeness (QED) is 0.490. The van der Waals surface area contributed by atoms with E-state index in [-0.39, 0.29) is 40.3 Å². The fraction of sp³-hybridized carbons (Fsp3) is 0.667. The second kappa shape index (κ2) is 10.4. The second-order valence-electron chi connectivity index (χ2n) is 9.29. The highest BCUT2D eigenvalue weighted by Gasteiger charge is 2.51. The molecule has 1 aromatic heterocycles. The maximum Gasteiger partial charge on any atom is 0.266 e. The van der Waals surface area contributed by atoms with E-state index in [1.807, 2.05) is 13.8 Å². The molecule has 0 radical (unpaired) electrons. The van der Waals surface area contributed by atoms with Gasteiger partial charge in [0.25, 0.3) is 6.43 Å². The highest BCUT2D eigenvalue weighted by Crippen LogP contribution is 2.48. The fourth-order valence-corrected chi connectivity index (χ4v) is 6.21. The van der Waals surface area contributed by atoms with Crippen molar-refractivity contribution in [3.63, 3.8) is 0 Å². The lowest BCUT2D eigenvalue weighted by Crippen LogP contribution is -2.57. The number of carbonyl (C=O) groups excluding carboxylic acids is 1. The van der Waals surface area contributed by atoms with E-state index in [1.165, 1.54) is 13.1 Å². The lowest BCUT2D eigenvalue weighted by Gasteiger charge is -2.52. The van der Waals surface area contributed by atoms with E-state index in [4.69, 9.17) is 27.9 Å². The van der Waals surface area contributed by atoms with Gasteiger partial charge in [0.1, 0.15) is 17.1 Å². The smallest absolute Gasteiger partial charge is 0.266 e. The molecule has 1 saturated carbocycles. The van der Waals surface area contributed by atoms with Crippen molar-refractivity contribution in [2.24, 2.45) is 17.8 Å². The highest BCUT2D eigenvalue weighted by molar-refractivity contribution is 6.37. The first-order chi connectivity index (χ1) is 15.5. The number of carbonyl (C=O) groups is 1. The van der Waals surface area contributed by atoms with Crippen molar-refractivity contribution >= 4 is 34.9 Å². The van der Waals surface area contributed by atoms with Crippen molar-refractivity contribution < 1.29 is 23.4 Å². The molecule has 2 fully saturated rings. The Labute approximate surface area is 204 Å². The zero-order valence-electron chi connectivity index (χ0n) is 19.3. The fourth-order valence-electron chi connectivity index (χ4n) is 5.63. The SMILES string of the molecule is C=C(OCC)c1ncc(Cl)c(CC(=O)N2CC[C@@H]3[C@H](CCC[C@H]3C(C)(O)C(F)F)[C@@H]2C)c1Cl. The molecule has 2 heterocycles. The van der Waals surface area contributed by atoms with E-state index in [1.54, 1.807) is 4.90 Å². The summed E-state index contributed by atoms with van der Waals surface area (Å²) in [5.41, 5.74) is -1.21. The second-order valence-corrected chi connectivity index (χ2v) is 10.1. The van der Waals surface area contributed by atoms with Crippen LogP contribution in [0.5, 0.6) is 0 Å². The molecule has 1 amide bonds. The Balaban J connectivity index is 1.78. The van der Waals surface area contributed by atoms with Gasteiger partial charge in [0.05, 0.1) is 23.1 Å². The number of rotatable bonds is 7. The number of aromatic nitrogens is 1. The van der Waals surface area contributed by atoms with Crippen molar-refractivity contribution in [3.05, 3.63) is 34.1 Å². The third-order valence-corrected chi connectivity index (χ3v) is 8.16. The number of likely N-dealkylation sites (tertiary alicyclic amines) is 1. The third kappa shape index (κ3) is 5.15. The summed E-state index contributed by atoms with van der Waals surface area (Å²) in [7, 11) is 0. The molecule has 5 atom stereocenters. The minimum atomic E-state index is -2.80. The molecule has 0 aromatic carbocycles. The van der Waals surface area contributed by atoms with Crippen LogP contribution in [0.2, 0.25) is 10.0 Å². The van der Waals surface area contributed by atoms with Crippen LogP contribution < -0.4 is 0 Å². The predicted molar refractivity (Wildman–Crippen MR) is 125 cm³/mol. The first kappa shape index (κ1) is 26.2. The Bertz CT molecular complexity index is 897. The molecular formula is C24H32Cl2F2N2O3. The maximum absolute atomic E-state index is 13.6. The average molecular weight is 505 g/mol. The summed E-state index contributed by atoms with van der Waals surface area (Å²) in [6.45, 7) is 9.70. The largest absolute Gasteiger partial charge is 0.492 e. The van der Waals surface area contributed by atoms with Crippen LogP contribution in [0, 0.1) is 17.8 Å². The number of aliphatic hydroxyl groups is 1. The van der Waals surface area contributed by atoms with Gasteiger partial charge in [-0.15, -0.1) is 0 Å². The minimum absolute atomic E-state index is 0.00744. The number of piperidine rings is 1. The summed E-state index contributed by atoms with van der Waals surface area (Å²) in [6, 6.07) is -0.134. The summed E-state index contributed by atoms with van der Waals surface area (Å²) >= 11 is 12.8. The molecule has 0 spiro atoms. The molecule has 1 N–H and O–H groups in total. The Hall–Kier alpha value is -1.44. The highest BCUT2D eigenvalue weighted by atomic mass is 35.5. The molecule has 1 aliphatic carbocycles. The van der Waals surface area contributed by atoms with Gasteiger partial charge in [-0.05, 0) is 57.8 Å². The topological polar surface area (TPSA) is 62.7 Å². The molecule has 0 bridgehead atoms. The molecule has 1 saturated heterocycles. The molecule has 1 aliphatic heterocycles. The van der Waals surface area contributed by atoms with E-state index in [0.29, 0.717) is 43.0 Å². The number of fused-ring (bicyclic) bond motifs is 1.